The summed E-state index contributed by atoms with van der Waals surface area (Å²) in [5.74, 6) is 0.263. The summed E-state index contributed by atoms with van der Waals surface area (Å²) in [6.45, 7) is 9.48. The second-order valence-corrected chi connectivity index (χ2v) is 11.3. The highest BCUT2D eigenvalue weighted by Gasteiger charge is 2.34. The maximum absolute atomic E-state index is 14.0. The van der Waals surface area contributed by atoms with Gasteiger partial charge in [-0.15, -0.1) is 0 Å². The van der Waals surface area contributed by atoms with Crippen LogP contribution in [0, 0.1) is 3.57 Å². The highest BCUT2D eigenvalue weighted by atomic mass is 127. The summed E-state index contributed by atoms with van der Waals surface area (Å²) in [5, 5.41) is 0. The Hall–Kier alpha value is -3.91. The van der Waals surface area contributed by atoms with Gasteiger partial charge in [-0.1, -0.05) is 36.1 Å². The molecular weight excluding hydrogens is 687 g/mol. The second kappa shape index (κ2) is 14.5. The van der Waals surface area contributed by atoms with Gasteiger partial charge in [-0.3, -0.25) is 9.36 Å². The average molecular weight is 719 g/mol. The first-order valence-corrected chi connectivity index (χ1v) is 15.3. The standard InChI is InChI=1S/C31H31IN2O8S/c1-6-13-41-22-11-9-19(14-21(22)32)15-25-29(36)34-28(27(30(37)40-8-3)18(4)33-31(34)43-25)20-10-12-23(24(16-20)39-7-2)42-17-26(35)38-5/h6,9-12,14-16,28H,1,7-8,13,17H2,2-5H3/b25-15-/t28-/m1/s1. The lowest BCUT2D eigenvalue weighted by molar-refractivity contribution is -0.143. The zero-order valence-electron chi connectivity index (χ0n) is 24.2. The van der Waals surface area contributed by atoms with E-state index < -0.39 is 18.0 Å². The van der Waals surface area contributed by atoms with Gasteiger partial charge >= 0.3 is 11.9 Å². The molecule has 0 fully saturated rings. The van der Waals surface area contributed by atoms with E-state index >= 15 is 0 Å². The summed E-state index contributed by atoms with van der Waals surface area (Å²) < 4.78 is 30.0. The number of allylic oxidation sites excluding steroid dienone is 1. The van der Waals surface area contributed by atoms with E-state index in [0.717, 1.165) is 14.9 Å². The summed E-state index contributed by atoms with van der Waals surface area (Å²) in [6.07, 6.45) is 3.47. The van der Waals surface area contributed by atoms with Crippen molar-refractivity contribution in [1.29, 1.82) is 0 Å². The zero-order valence-corrected chi connectivity index (χ0v) is 27.2. The van der Waals surface area contributed by atoms with Gasteiger partial charge < -0.3 is 23.7 Å². The molecule has 3 aromatic rings. The van der Waals surface area contributed by atoms with E-state index in [1.165, 1.54) is 23.0 Å². The number of halogens is 1. The van der Waals surface area contributed by atoms with Crippen LogP contribution in [0.2, 0.25) is 0 Å². The predicted octanol–water partition coefficient (Wildman–Crippen LogP) is 3.92. The summed E-state index contributed by atoms with van der Waals surface area (Å²) in [5.41, 5.74) is 1.76. The average Bonchev–Trinajstić information content (AvgIpc) is 3.29. The summed E-state index contributed by atoms with van der Waals surface area (Å²) in [4.78, 5) is 44.0. The number of ether oxygens (including phenoxy) is 5. The van der Waals surface area contributed by atoms with Crippen molar-refractivity contribution in [3.05, 3.63) is 94.7 Å². The molecule has 0 spiro atoms. The van der Waals surface area contributed by atoms with E-state index in [0.29, 0.717) is 45.3 Å². The number of rotatable bonds is 12. The molecule has 10 nitrogen and oxygen atoms in total. The number of nitrogens with zero attached hydrogens (tertiary/aromatic N) is 2. The van der Waals surface area contributed by atoms with E-state index in [1.54, 1.807) is 44.2 Å². The summed E-state index contributed by atoms with van der Waals surface area (Å²) >= 11 is 3.41. The molecule has 2 aromatic carbocycles. The minimum absolute atomic E-state index is 0.155. The number of carbonyl (C=O) groups is 2. The topological polar surface area (TPSA) is 115 Å². The van der Waals surface area contributed by atoms with Gasteiger partial charge in [0.1, 0.15) is 12.4 Å². The van der Waals surface area contributed by atoms with Gasteiger partial charge in [-0.25, -0.2) is 14.6 Å². The number of aromatic nitrogens is 1. The monoisotopic (exact) mass is 718 g/mol. The van der Waals surface area contributed by atoms with Crippen LogP contribution in [0.5, 0.6) is 17.2 Å². The molecular formula is C31H31IN2O8S. The first-order valence-electron chi connectivity index (χ1n) is 13.4. The second-order valence-electron chi connectivity index (χ2n) is 9.10. The third kappa shape index (κ3) is 7.19. The van der Waals surface area contributed by atoms with E-state index in [4.69, 9.17) is 18.9 Å². The van der Waals surface area contributed by atoms with Crippen molar-refractivity contribution < 1.29 is 33.3 Å². The van der Waals surface area contributed by atoms with Gasteiger partial charge in [-0.2, -0.15) is 0 Å². The molecule has 1 aliphatic rings. The molecule has 2 heterocycles. The molecule has 1 aromatic heterocycles. The number of thiazole rings is 1. The molecule has 0 saturated carbocycles. The number of esters is 2. The van der Waals surface area contributed by atoms with Crippen molar-refractivity contribution in [2.45, 2.75) is 26.8 Å². The lowest BCUT2D eigenvalue weighted by Crippen LogP contribution is -2.40. The van der Waals surface area contributed by atoms with E-state index in [1.807, 2.05) is 25.1 Å². The Bertz CT molecular complexity index is 1760. The Balaban J connectivity index is 1.86. The number of hydrogen-bond donors (Lipinski definition) is 0. The maximum Gasteiger partial charge on any atom is 0.343 e. The fourth-order valence-electron chi connectivity index (χ4n) is 4.41. The fourth-order valence-corrected chi connectivity index (χ4v) is 6.15. The third-order valence-corrected chi connectivity index (χ3v) is 8.11. The quantitative estimate of drug-likeness (QED) is 0.157. The molecule has 0 radical (unpaired) electrons. The van der Waals surface area contributed by atoms with Crippen LogP contribution in [0.4, 0.5) is 0 Å². The minimum Gasteiger partial charge on any atom is -0.490 e. The van der Waals surface area contributed by atoms with Crippen LogP contribution in [0.15, 0.2) is 70.1 Å². The van der Waals surface area contributed by atoms with Gasteiger partial charge in [0, 0.05) is 0 Å². The minimum atomic E-state index is -0.846. The van der Waals surface area contributed by atoms with Crippen LogP contribution in [0.3, 0.4) is 0 Å². The van der Waals surface area contributed by atoms with Gasteiger partial charge in [-0.05, 0) is 84.8 Å². The Morgan fingerprint density at radius 3 is 2.51 bits per heavy atom. The number of hydrogen-bond acceptors (Lipinski definition) is 10. The van der Waals surface area contributed by atoms with Crippen LogP contribution < -0.4 is 29.1 Å². The number of fused-ring (bicyclic) bond motifs is 1. The summed E-state index contributed by atoms with van der Waals surface area (Å²) in [7, 11) is 1.27. The molecule has 0 aliphatic carbocycles. The molecule has 0 amide bonds. The highest BCUT2D eigenvalue weighted by molar-refractivity contribution is 14.1. The van der Waals surface area contributed by atoms with Crippen molar-refractivity contribution in [3.63, 3.8) is 0 Å². The van der Waals surface area contributed by atoms with E-state index in [9.17, 15) is 14.4 Å². The highest BCUT2D eigenvalue weighted by Crippen LogP contribution is 2.36. The molecule has 226 valence electrons. The first kappa shape index (κ1) is 32.0. The van der Waals surface area contributed by atoms with Gasteiger partial charge in [0.25, 0.3) is 5.56 Å². The van der Waals surface area contributed by atoms with Crippen LogP contribution in [-0.4, -0.2) is 50.0 Å². The Labute approximate surface area is 266 Å². The normalized spacial score (nSPS) is 14.4. The van der Waals surface area contributed by atoms with Gasteiger partial charge in [0.15, 0.2) is 22.9 Å². The van der Waals surface area contributed by atoms with E-state index in [2.05, 4.69) is 38.9 Å². The Kier molecular flexibility index (Phi) is 10.8. The van der Waals surface area contributed by atoms with Crippen molar-refractivity contribution in [2.75, 3.05) is 33.5 Å². The van der Waals surface area contributed by atoms with E-state index in [-0.39, 0.29) is 24.3 Å². The number of methoxy groups -OCH3 is 1. The lowest BCUT2D eigenvalue weighted by Gasteiger charge is -2.25. The van der Waals surface area contributed by atoms with Gasteiger partial charge in [0.05, 0.1) is 45.7 Å². The van der Waals surface area contributed by atoms with Crippen LogP contribution >= 0.6 is 33.9 Å². The number of carbonyl (C=O) groups excluding carboxylic acids is 2. The third-order valence-electron chi connectivity index (χ3n) is 6.28. The molecule has 0 saturated heterocycles. The Morgan fingerprint density at radius 1 is 1.07 bits per heavy atom. The van der Waals surface area contributed by atoms with Crippen molar-refractivity contribution in [3.8, 4) is 17.2 Å². The fraction of sp³-hybridized carbons (Fsp3) is 0.290. The number of benzene rings is 2. The first-order chi connectivity index (χ1) is 20.7. The van der Waals surface area contributed by atoms with Crippen molar-refractivity contribution >= 4 is 51.9 Å². The molecule has 1 aliphatic heterocycles. The van der Waals surface area contributed by atoms with Crippen LogP contribution in [0.25, 0.3) is 6.08 Å². The summed E-state index contributed by atoms with van der Waals surface area (Å²) in [6, 6.07) is 9.84. The SMILES string of the molecule is C=CCOc1ccc(/C=c2\sc3n(c2=O)[C@H](c2ccc(OCC(=O)OC)c(OCC)c2)C(C(=O)OCC)=C(C)N=3)cc1I. The maximum atomic E-state index is 14.0. The molecule has 12 heteroatoms. The molecule has 43 heavy (non-hydrogen) atoms. The van der Waals surface area contributed by atoms with Crippen LogP contribution in [-0.2, 0) is 19.1 Å². The lowest BCUT2D eigenvalue weighted by atomic mass is 9.95. The molecule has 4 rings (SSSR count). The van der Waals surface area contributed by atoms with Crippen molar-refractivity contribution in [2.24, 2.45) is 4.99 Å². The smallest absolute Gasteiger partial charge is 0.343 e. The largest absolute Gasteiger partial charge is 0.490 e. The molecule has 1 atom stereocenters. The molecule has 0 bridgehead atoms. The molecule has 0 N–H and O–H groups in total. The zero-order chi connectivity index (χ0) is 31.1. The Morgan fingerprint density at radius 2 is 1.84 bits per heavy atom. The molecule has 0 unspecified atom stereocenters. The predicted molar refractivity (Wildman–Crippen MR) is 170 cm³/mol. The van der Waals surface area contributed by atoms with Crippen LogP contribution in [0.1, 0.15) is 37.9 Å². The van der Waals surface area contributed by atoms with Gasteiger partial charge in [0.2, 0.25) is 0 Å². The van der Waals surface area contributed by atoms with Crippen molar-refractivity contribution in [1.82, 2.24) is 4.57 Å².